The SMILES string of the molecule is Cc1csc(-c2nc3cc4c(cc3[nH]2)OCCCO4)c1N. The zero-order valence-electron chi connectivity index (χ0n) is 11.6. The molecular weight excluding hydrogens is 286 g/mol. The Balaban J connectivity index is 1.85. The third-order valence-electron chi connectivity index (χ3n) is 3.59. The van der Waals surface area contributed by atoms with E-state index >= 15 is 0 Å². The Morgan fingerprint density at radius 1 is 1.24 bits per heavy atom. The number of nitrogen functional groups attached to an aromatic ring is 1. The molecule has 0 amide bonds. The Kier molecular flexibility index (Phi) is 2.78. The second kappa shape index (κ2) is 4.66. The number of aromatic nitrogens is 2. The highest BCUT2D eigenvalue weighted by Crippen LogP contribution is 2.37. The molecule has 4 rings (SSSR count). The molecule has 0 bridgehead atoms. The molecule has 0 aliphatic carbocycles. The molecule has 0 radical (unpaired) electrons. The molecule has 3 aromatic rings. The summed E-state index contributed by atoms with van der Waals surface area (Å²) in [5, 5.41) is 2.04. The number of hydrogen-bond acceptors (Lipinski definition) is 5. The number of aromatic amines is 1. The summed E-state index contributed by atoms with van der Waals surface area (Å²) in [5.41, 5.74) is 9.76. The van der Waals surface area contributed by atoms with E-state index in [9.17, 15) is 0 Å². The number of thiophene rings is 1. The molecule has 0 unspecified atom stereocenters. The topological polar surface area (TPSA) is 73.2 Å². The van der Waals surface area contributed by atoms with Crippen LogP contribution in [-0.4, -0.2) is 23.2 Å². The van der Waals surface area contributed by atoms with Crippen LogP contribution in [0.25, 0.3) is 21.7 Å². The summed E-state index contributed by atoms with van der Waals surface area (Å²) in [5.74, 6) is 2.32. The maximum absolute atomic E-state index is 6.10. The summed E-state index contributed by atoms with van der Waals surface area (Å²) >= 11 is 1.60. The van der Waals surface area contributed by atoms with Gasteiger partial charge >= 0.3 is 0 Å². The average molecular weight is 301 g/mol. The molecule has 3 heterocycles. The highest BCUT2D eigenvalue weighted by molar-refractivity contribution is 7.14. The van der Waals surface area contributed by atoms with Crippen LogP contribution in [0.1, 0.15) is 12.0 Å². The second-order valence-corrected chi connectivity index (χ2v) is 5.99. The van der Waals surface area contributed by atoms with Gasteiger partial charge in [0.05, 0.1) is 34.8 Å². The maximum Gasteiger partial charge on any atom is 0.163 e. The Morgan fingerprint density at radius 2 is 2.00 bits per heavy atom. The van der Waals surface area contributed by atoms with Gasteiger partial charge < -0.3 is 20.2 Å². The third-order valence-corrected chi connectivity index (χ3v) is 4.71. The lowest BCUT2D eigenvalue weighted by molar-refractivity contribution is 0.297. The fraction of sp³-hybridized carbons (Fsp3) is 0.267. The number of fused-ring (bicyclic) bond motifs is 2. The van der Waals surface area contributed by atoms with Crippen LogP contribution in [0.5, 0.6) is 11.5 Å². The van der Waals surface area contributed by atoms with Crippen molar-refractivity contribution < 1.29 is 9.47 Å². The lowest BCUT2D eigenvalue weighted by atomic mass is 10.3. The van der Waals surface area contributed by atoms with Crippen LogP contribution in [0.2, 0.25) is 0 Å². The molecule has 0 saturated carbocycles. The van der Waals surface area contributed by atoms with Crippen molar-refractivity contribution in [3.8, 4) is 22.2 Å². The molecule has 1 aromatic carbocycles. The molecule has 1 aliphatic rings. The zero-order chi connectivity index (χ0) is 14.4. The van der Waals surface area contributed by atoms with Crippen molar-refractivity contribution in [3.05, 3.63) is 23.1 Å². The lowest BCUT2D eigenvalue weighted by Crippen LogP contribution is -1.97. The number of benzene rings is 1. The predicted molar refractivity (Wildman–Crippen MR) is 84.2 cm³/mol. The van der Waals surface area contributed by atoms with E-state index < -0.39 is 0 Å². The number of rotatable bonds is 1. The maximum atomic E-state index is 6.10. The van der Waals surface area contributed by atoms with E-state index in [0.717, 1.165) is 50.9 Å². The fourth-order valence-electron chi connectivity index (χ4n) is 2.41. The Bertz CT molecular complexity index is 779. The van der Waals surface area contributed by atoms with Crippen LogP contribution >= 0.6 is 11.3 Å². The summed E-state index contributed by atoms with van der Waals surface area (Å²) in [7, 11) is 0. The number of imidazole rings is 1. The number of nitrogens with one attached hydrogen (secondary N) is 1. The number of nitrogens with zero attached hydrogens (tertiary/aromatic N) is 1. The smallest absolute Gasteiger partial charge is 0.163 e. The molecule has 0 spiro atoms. The monoisotopic (exact) mass is 301 g/mol. The molecule has 0 atom stereocenters. The van der Waals surface area contributed by atoms with Crippen molar-refractivity contribution in [2.45, 2.75) is 13.3 Å². The largest absolute Gasteiger partial charge is 0.489 e. The Hall–Kier alpha value is -2.21. The van der Waals surface area contributed by atoms with E-state index in [1.165, 1.54) is 0 Å². The molecule has 0 fully saturated rings. The molecule has 5 nitrogen and oxygen atoms in total. The fourth-order valence-corrected chi connectivity index (χ4v) is 3.33. The number of aryl methyl sites for hydroxylation is 1. The molecule has 1 aliphatic heterocycles. The highest BCUT2D eigenvalue weighted by atomic mass is 32.1. The summed E-state index contributed by atoms with van der Waals surface area (Å²) in [6.45, 7) is 3.35. The molecule has 2 aromatic heterocycles. The number of hydrogen-bond donors (Lipinski definition) is 2. The van der Waals surface area contributed by atoms with Gasteiger partial charge in [0.2, 0.25) is 0 Å². The normalized spacial score (nSPS) is 14.3. The van der Waals surface area contributed by atoms with Crippen molar-refractivity contribution in [1.82, 2.24) is 9.97 Å². The first-order valence-electron chi connectivity index (χ1n) is 6.85. The van der Waals surface area contributed by atoms with Crippen molar-refractivity contribution in [3.63, 3.8) is 0 Å². The minimum absolute atomic E-state index is 0.673. The van der Waals surface area contributed by atoms with Gasteiger partial charge in [0.25, 0.3) is 0 Å². The number of H-pyrrole nitrogens is 1. The van der Waals surface area contributed by atoms with E-state index in [1.54, 1.807) is 11.3 Å². The van der Waals surface area contributed by atoms with Gasteiger partial charge in [-0.2, -0.15) is 0 Å². The standard InChI is InChI=1S/C15H15N3O2S/c1-8-7-21-14(13(8)16)15-17-9-5-11-12(6-10(9)18-15)20-4-2-3-19-11/h5-7H,2-4,16H2,1H3,(H,17,18). The van der Waals surface area contributed by atoms with Crippen LogP contribution in [0.15, 0.2) is 17.5 Å². The number of ether oxygens (including phenoxy) is 2. The predicted octanol–water partition coefficient (Wildman–Crippen LogP) is 3.34. The zero-order valence-corrected chi connectivity index (χ0v) is 12.4. The average Bonchev–Trinajstić information content (AvgIpc) is 2.93. The minimum atomic E-state index is 0.673. The Labute approximate surface area is 125 Å². The summed E-state index contributed by atoms with van der Waals surface area (Å²) < 4.78 is 11.4. The van der Waals surface area contributed by atoms with Crippen LogP contribution < -0.4 is 15.2 Å². The first-order valence-corrected chi connectivity index (χ1v) is 7.73. The van der Waals surface area contributed by atoms with E-state index in [2.05, 4.69) is 9.97 Å². The van der Waals surface area contributed by atoms with Gasteiger partial charge in [0.1, 0.15) is 0 Å². The third kappa shape index (κ3) is 2.03. The van der Waals surface area contributed by atoms with E-state index in [4.69, 9.17) is 15.2 Å². The van der Waals surface area contributed by atoms with Crippen LogP contribution in [-0.2, 0) is 0 Å². The van der Waals surface area contributed by atoms with Gasteiger partial charge in [0.15, 0.2) is 17.3 Å². The van der Waals surface area contributed by atoms with Gasteiger partial charge in [-0.05, 0) is 17.9 Å². The molecular formula is C15H15N3O2S. The summed E-state index contributed by atoms with van der Waals surface area (Å²) in [4.78, 5) is 8.93. The number of nitrogens with two attached hydrogens (primary N) is 1. The van der Waals surface area contributed by atoms with Crippen molar-refractivity contribution in [2.75, 3.05) is 18.9 Å². The summed E-state index contributed by atoms with van der Waals surface area (Å²) in [6.07, 6.45) is 0.895. The number of anilines is 1. The van der Waals surface area contributed by atoms with Crippen molar-refractivity contribution in [1.29, 1.82) is 0 Å². The van der Waals surface area contributed by atoms with Crippen molar-refractivity contribution in [2.24, 2.45) is 0 Å². The van der Waals surface area contributed by atoms with Gasteiger partial charge in [-0.15, -0.1) is 11.3 Å². The molecule has 108 valence electrons. The van der Waals surface area contributed by atoms with E-state index in [1.807, 2.05) is 24.4 Å². The van der Waals surface area contributed by atoms with Gasteiger partial charge in [-0.1, -0.05) is 0 Å². The molecule has 0 saturated heterocycles. The van der Waals surface area contributed by atoms with Crippen LogP contribution in [0.3, 0.4) is 0 Å². The van der Waals surface area contributed by atoms with E-state index in [-0.39, 0.29) is 0 Å². The van der Waals surface area contributed by atoms with Crippen molar-refractivity contribution >= 4 is 28.1 Å². The van der Waals surface area contributed by atoms with Gasteiger partial charge in [0, 0.05) is 18.6 Å². The highest BCUT2D eigenvalue weighted by Gasteiger charge is 2.16. The molecule has 3 N–H and O–H groups in total. The molecule has 6 heteroatoms. The van der Waals surface area contributed by atoms with Crippen LogP contribution in [0, 0.1) is 6.92 Å². The summed E-state index contributed by atoms with van der Waals surface area (Å²) in [6, 6.07) is 3.87. The Morgan fingerprint density at radius 3 is 2.71 bits per heavy atom. The molecule has 21 heavy (non-hydrogen) atoms. The first-order chi connectivity index (χ1) is 10.2. The lowest BCUT2D eigenvalue weighted by Gasteiger charge is -2.05. The minimum Gasteiger partial charge on any atom is -0.489 e. The second-order valence-electron chi connectivity index (χ2n) is 5.11. The van der Waals surface area contributed by atoms with Gasteiger partial charge in [-0.25, -0.2) is 4.98 Å². The van der Waals surface area contributed by atoms with E-state index in [0.29, 0.717) is 13.2 Å². The first kappa shape index (κ1) is 12.5. The van der Waals surface area contributed by atoms with Crippen LogP contribution in [0.4, 0.5) is 5.69 Å². The quantitative estimate of drug-likeness (QED) is 0.723. The van der Waals surface area contributed by atoms with Gasteiger partial charge in [-0.3, -0.25) is 0 Å².